The summed E-state index contributed by atoms with van der Waals surface area (Å²) in [4.78, 5) is 8.36. The van der Waals surface area contributed by atoms with Crippen molar-refractivity contribution in [2.75, 3.05) is 0 Å². The first-order chi connectivity index (χ1) is 4.73. The number of hydrogen-bond donors (Lipinski definition) is 1. The molecule has 0 aromatic rings. The average Bonchev–Trinajstić information content (AvgIpc) is 1.63. The molecule has 12 heteroatoms. The van der Waals surface area contributed by atoms with E-state index >= 15 is 0 Å². The van der Waals surface area contributed by atoms with Crippen LogP contribution in [0.3, 0.4) is 0 Å². The Kier molecular flexibility index (Phi) is 28.1. The zero-order valence-electron chi connectivity index (χ0n) is 5.84. The molecule has 66 valence electrons. The summed E-state index contributed by atoms with van der Waals surface area (Å²) in [6.07, 6.45) is 0. The molecule has 12 heavy (non-hydrogen) atoms. The van der Waals surface area contributed by atoms with E-state index in [2.05, 4.69) is 0 Å². The van der Waals surface area contributed by atoms with Crippen LogP contribution in [0.15, 0.2) is 0 Å². The van der Waals surface area contributed by atoms with Crippen molar-refractivity contribution in [2.45, 2.75) is 0 Å². The molecule has 0 saturated carbocycles. The summed E-state index contributed by atoms with van der Waals surface area (Å²) >= 11 is -5.01. The Balaban J connectivity index is -0.0000000419. The minimum absolute atomic E-state index is 0. The second-order valence-corrected chi connectivity index (χ2v) is 1.80. The molecule has 0 amide bonds. The third-order valence-corrected chi connectivity index (χ3v) is 0. The van der Waals surface area contributed by atoms with Crippen LogP contribution in [0, 0.1) is 10.1 Å². The first-order valence-corrected chi connectivity index (χ1v) is 3.98. The standard InChI is InChI=1S/Al.K.Mn.HNO3.5O.H/c;;;2-1(3)4;;;;;;/h;;;(H,2,3,4);;;;;;/q;+1;;;;;;;-1;. The molecule has 0 unspecified atom stereocenters. The fourth-order valence-electron chi connectivity index (χ4n) is 0. The van der Waals surface area contributed by atoms with Gasteiger partial charge in [-0.25, -0.2) is 0 Å². The molecule has 0 aliphatic carbocycles. The average molecular weight is 265 g/mol. The van der Waals surface area contributed by atoms with Crippen molar-refractivity contribution in [3.63, 3.8) is 0 Å². The Bertz CT molecular complexity index is 217. The number of hydrogen-bond acceptors (Lipinski definition) is 7. The quantitative estimate of drug-likeness (QED) is 0.258. The first kappa shape index (κ1) is 23.1. The Morgan fingerprint density at radius 3 is 1.25 bits per heavy atom. The van der Waals surface area contributed by atoms with Gasteiger partial charge in [-0.05, 0) is 0 Å². The third kappa shape index (κ3) is 1020. The van der Waals surface area contributed by atoms with Gasteiger partial charge in [0.05, 0.1) is 0 Å². The van der Waals surface area contributed by atoms with Crippen LogP contribution in [0.4, 0.5) is 0 Å². The van der Waals surface area contributed by atoms with E-state index in [4.69, 9.17) is 34.8 Å². The van der Waals surface area contributed by atoms with Crippen molar-refractivity contribution in [3.8, 4) is 0 Å². The zero-order chi connectivity index (χ0) is 10.1. The van der Waals surface area contributed by atoms with Gasteiger partial charge >= 0.3 is 100 Å². The molecule has 0 aromatic heterocycles. The number of rotatable bonds is 0. The van der Waals surface area contributed by atoms with Gasteiger partial charge in [-0.2, -0.15) is 0 Å². The van der Waals surface area contributed by atoms with Crippen LogP contribution >= 0.6 is 0 Å². The molecule has 0 fully saturated rings. The molecule has 0 spiro atoms. The van der Waals surface area contributed by atoms with Crippen molar-refractivity contribution < 1.29 is 94.1 Å². The molecule has 0 heterocycles. The van der Waals surface area contributed by atoms with Gasteiger partial charge in [0.15, 0.2) is 0 Å². The van der Waals surface area contributed by atoms with Crippen molar-refractivity contribution in [1.29, 1.82) is 0 Å². The van der Waals surface area contributed by atoms with Crippen LogP contribution in [0.25, 0.3) is 0 Å². The summed E-state index contributed by atoms with van der Waals surface area (Å²) in [6, 6.07) is 0. The molecule has 0 aliphatic heterocycles. The van der Waals surface area contributed by atoms with Gasteiger partial charge in [0.2, 0.25) is 0 Å². The van der Waals surface area contributed by atoms with Gasteiger partial charge in [0.25, 0.3) is 5.09 Å². The van der Waals surface area contributed by atoms with Crippen LogP contribution in [0.5, 0.6) is 0 Å². The molecule has 0 atom stereocenters. The minimum atomic E-state index is -5.62. The van der Waals surface area contributed by atoms with Crippen molar-refractivity contribution >= 4 is 16.2 Å². The molecular formula is H2AlKMnNO8. The van der Waals surface area contributed by atoms with Gasteiger partial charge < -0.3 is 5.21 Å². The summed E-state index contributed by atoms with van der Waals surface area (Å²) in [5, 5.41) is 13.6. The van der Waals surface area contributed by atoms with E-state index < -0.39 is 18.1 Å². The zero-order valence-corrected chi connectivity index (χ0v) is 11.6. The van der Waals surface area contributed by atoms with Gasteiger partial charge in [-0.3, -0.25) is 0 Å². The van der Waals surface area contributed by atoms with E-state index in [1.807, 2.05) is 0 Å². The van der Waals surface area contributed by atoms with Crippen LogP contribution < -0.4 is 55.6 Å². The van der Waals surface area contributed by atoms with Gasteiger partial charge in [-0.1, -0.05) is 0 Å². The van der Waals surface area contributed by atoms with Gasteiger partial charge in [0, 0.05) is 0 Å². The SMILES string of the molecule is O=[N+]([O-])O.[K+].[O]=[AlH].[O]=[Mn](=[O])(=[O])[O-]. The predicted molar refractivity (Wildman–Crippen MR) is 18.7 cm³/mol. The van der Waals surface area contributed by atoms with Crippen molar-refractivity contribution in [3.05, 3.63) is 10.1 Å². The molecule has 0 bridgehead atoms. The Morgan fingerprint density at radius 1 is 1.25 bits per heavy atom. The Morgan fingerprint density at radius 2 is 1.25 bits per heavy atom. The molecule has 0 radical (unpaired) electrons. The van der Waals surface area contributed by atoms with E-state index in [0.29, 0.717) is 16.2 Å². The fourth-order valence-corrected chi connectivity index (χ4v) is 0. The second kappa shape index (κ2) is 14.6. The summed E-state index contributed by atoms with van der Waals surface area (Å²) < 4.78 is 42.6. The Hall–Kier alpha value is 1.05. The summed E-state index contributed by atoms with van der Waals surface area (Å²) in [6.45, 7) is 0. The van der Waals surface area contributed by atoms with Crippen LogP contribution in [0.1, 0.15) is 0 Å². The maximum atomic E-state index is 8.58. The summed E-state index contributed by atoms with van der Waals surface area (Å²) in [5.74, 6) is 0. The van der Waals surface area contributed by atoms with E-state index in [9.17, 15) is 0 Å². The topological polar surface area (TPSA) is 155 Å². The van der Waals surface area contributed by atoms with Crippen LogP contribution in [0.2, 0.25) is 0 Å². The number of nitrogens with zero attached hydrogens (tertiary/aromatic N) is 1. The molecule has 1 N–H and O–H groups in total. The molecule has 0 rings (SSSR count). The maximum absolute atomic E-state index is 8.58. The van der Waals surface area contributed by atoms with Gasteiger partial charge in [0.1, 0.15) is 0 Å². The second-order valence-electron chi connectivity index (χ2n) is 0.616. The fraction of sp³-hybridized carbons (Fsp3) is 0. The van der Waals surface area contributed by atoms with Crippen LogP contribution in [-0.2, 0) is 28.3 Å². The van der Waals surface area contributed by atoms with Crippen LogP contribution in [-0.4, -0.2) is 26.5 Å². The van der Waals surface area contributed by atoms with E-state index in [0.717, 1.165) is 0 Å². The van der Waals surface area contributed by atoms with E-state index in [-0.39, 0.29) is 51.4 Å². The molecule has 0 saturated heterocycles. The molecular weight excluding hydrogens is 263 g/mol. The van der Waals surface area contributed by atoms with E-state index in [1.54, 1.807) is 0 Å². The van der Waals surface area contributed by atoms with Crippen molar-refractivity contribution in [1.82, 2.24) is 0 Å². The van der Waals surface area contributed by atoms with Gasteiger partial charge in [-0.15, -0.1) is 10.1 Å². The summed E-state index contributed by atoms with van der Waals surface area (Å²) in [5.41, 5.74) is 0. The molecule has 0 aliphatic rings. The monoisotopic (exact) mass is 265 g/mol. The molecule has 0 aromatic carbocycles. The van der Waals surface area contributed by atoms with Crippen molar-refractivity contribution in [2.24, 2.45) is 0 Å². The molecule has 9 nitrogen and oxygen atoms in total. The normalized spacial score (nSPS) is 7.00. The third-order valence-electron chi connectivity index (χ3n) is 0. The first-order valence-electron chi connectivity index (χ1n) is 1.47. The summed E-state index contributed by atoms with van der Waals surface area (Å²) in [7, 11) is 0. The predicted octanol–water partition coefficient (Wildman–Crippen LogP) is -5.66. The Labute approximate surface area is 118 Å². The van der Waals surface area contributed by atoms with E-state index in [1.165, 1.54) is 0 Å².